The lowest BCUT2D eigenvalue weighted by Gasteiger charge is -2.33. The van der Waals surface area contributed by atoms with Crippen molar-refractivity contribution in [1.82, 2.24) is 9.88 Å². The van der Waals surface area contributed by atoms with Crippen molar-refractivity contribution in [2.75, 3.05) is 26.7 Å². The van der Waals surface area contributed by atoms with E-state index in [1.54, 1.807) is 7.11 Å². The Bertz CT molecular complexity index is 686. The highest BCUT2D eigenvalue weighted by molar-refractivity contribution is 5.33. The molecule has 1 atom stereocenters. The molecule has 4 heteroatoms. The molecule has 0 saturated carbocycles. The standard InChI is InChI=1S/C21H26N2O2/c1-24-19-5-2-6-20(14-19)25-18-7-10-23(11-8-18)15-16-12-17-4-3-9-22-21(17)13-16/h2-6,9,14,16,18H,7-8,10-13,15H2,1H3. The van der Waals surface area contributed by atoms with Crippen molar-refractivity contribution in [2.45, 2.75) is 31.8 Å². The van der Waals surface area contributed by atoms with Gasteiger partial charge in [0.25, 0.3) is 0 Å². The summed E-state index contributed by atoms with van der Waals surface area (Å²) in [4.78, 5) is 7.13. The van der Waals surface area contributed by atoms with E-state index in [9.17, 15) is 0 Å². The number of nitrogens with zero attached hydrogens (tertiary/aromatic N) is 2. The number of hydrogen-bond acceptors (Lipinski definition) is 4. The van der Waals surface area contributed by atoms with Gasteiger partial charge in [0.15, 0.2) is 0 Å². The van der Waals surface area contributed by atoms with Crippen LogP contribution in [0.15, 0.2) is 42.6 Å². The van der Waals surface area contributed by atoms with Gasteiger partial charge in [-0.15, -0.1) is 0 Å². The van der Waals surface area contributed by atoms with E-state index < -0.39 is 0 Å². The van der Waals surface area contributed by atoms with Gasteiger partial charge in [0, 0.05) is 37.6 Å². The summed E-state index contributed by atoms with van der Waals surface area (Å²) < 4.78 is 11.4. The number of pyridine rings is 1. The number of piperidine rings is 1. The van der Waals surface area contributed by atoms with Gasteiger partial charge in [-0.25, -0.2) is 0 Å². The largest absolute Gasteiger partial charge is 0.497 e. The van der Waals surface area contributed by atoms with E-state index in [0.29, 0.717) is 6.10 Å². The number of likely N-dealkylation sites (tertiary alicyclic amines) is 1. The van der Waals surface area contributed by atoms with Gasteiger partial charge < -0.3 is 14.4 Å². The van der Waals surface area contributed by atoms with Crippen LogP contribution in [0.1, 0.15) is 24.1 Å². The molecule has 4 nitrogen and oxygen atoms in total. The van der Waals surface area contributed by atoms with E-state index in [2.05, 4.69) is 22.0 Å². The van der Waals surface area contributed by atoms with Gasteiger partial charge in [0.2, 0.25) is 0 Å². The molecular weight excluding hydrogens is 312 g/mol. The summed E-state index contributed by atoms with van der Waals surface area (Å²) in [5, 5.41) is 0. The normalized spacial score (nSPS) is 21.1. The monoisotopic (exact) mass is 338 g/mol. The van der Waals surface area contributed by atoms with Gasteiger partial charge in [-0.3, -0.25) is 4.98 Å². The summed E-state index contributed by atoms with van der Waals surface area (Å²) in [6.07, 6.45) is 6.73. The van der Waals surface area contributed by atoms with Crippen LogP contribution in [-0.4, -0.2) is 42.7 Å². The maximum absolute atomic E-state index is 6.15. The number of hydrogen-bond donors (Lipinski definition) is 0. The highest BCUT2D eigenvalue weighted by Crippen LogP contribution is 2.27. The summed E-state index contributed by atoms with van der Waals surface area (Å²) in [6.45, 7) is 3.42. The van der Waals surface area contributed by atoms with Crippen LogP contribution < -0.4 is 9.47 Å². The summed E-state index contributed by atoms with van der Waals surface area (Å²) in [7, 11) is 1.69. The Hall–Kier alpha value is -2.07. The summed E-state index contributed by atoms with van der Waals surface area (Å²) in [5.74, 6) is 2.49. The molecule has 0 amide bonds. The first kappa shape index (κ1) is 16.4. The van der Waals surface area contributed by atoms with E-state index in [-0.39, 0.29) is 0 Å². The SMILES string of the molecule is COc1cccc(OC2CCN(CC3Cc4cccnc4C3)CC2)c1. The molecular formula is C21H26N2O2. The molecule has 1 aromatic heterocycles. The molecule has 1 aromatic carbocycles. The molecule has 1 aliphatic carbocycles. The van der Waals surface area contributed by atoms with Crippen LogP contribution in [-0.2, 0) is 12.8 Å². The van der Waals surface area contributed by atoms with Gasteiger partial charge in [-0.05, 0) is 55.4 Å². The predicted octanol–water partition coefficient (Wildman–Crippen LogP) is 3.35. The minimum atomic E-state index is 0.311. The van der Waals surface area contributed by atoms with Crippen molar-refractivity contribution < 1.29 is 9.47 Å². The number of fused-ring (bicyclic) bond motifs is 1. The van der Waals surface area contributed by atoms with Gasteiger partial charge in [0.1, 0.15) is 17.6 Å². The number of rotatable bonds is 5. The molecule has 0 N–H and O–H groups in total. The van der Waals surface area contributed by atoms with Crippen molar-refractivity contribution in [1.29, 1.82) is 0 Å². The third-order valence-corrected chi connectivity index (χ3v) is 5.37. The smallest absolute Gasteiger partial charge is 0.123 e. The van der Waals surface area contributed by atoms with Crippen LogP contribution in [0.4, 0.5) is 0 Å². The Morgan fingerprint density at radius 3 is 2.72 bits per heavy atom. The molecule has 4 rings (SSSR count). The molecule has 0 spiro atoms. The van der Waals surface area contributed by atoms with Crippen molar-refractivity contribution in [3.63, 3.8) is 0 Å². The average molecular weight is 338 g/mol. The second kappa shape index (κ2) is 7.44. The topological polar surface area (TPSA) is 34.6 Å². The zero-order chi connectivity index (χ0) is 17.1. The first-order valence-electron chi connectivity index (χ1n) is 9.26. The van der Waals surface area contributed by atoms with Crippen molar-refractivity contribution in [3.05, 3.63) is 53.9 Å². The van der Waals surface area contributed by atoms with Gasteiger partial charge in [0.05, 0.1) is 7.11 Å². The second-order valence-electron chi connectivity index (χ2n) is 7.18. The molecule has 2 heterocycles. The molecule has 2 aliphatic rings. The van der Waals surface area contributed by atoms with Crippen LogP contribution in [0.2, 0.25) is 0 Å². The summed E-state index contributed by atoms with van der Waals surface area (Å²) in [5.41, 5.74) is 2.76. The predicted molar refractivity (Wildman–Crippen MR) is 98.2 cm³/mol. The fourth-order valence-corrected chi connectivity index (χ4v) is 4.07. The molecule has 0 bridgehead atoms. The molecule has 1 aliphatic heterocycles. The molecule has 25 heavy (non-hydrogen) atoms. The quantitative estimate of drug-likeness (QED) is 0.837. The van der Waals surface area contributed by atoms with E-state index in [1.807, 2.05) is 30.5 Å². The third kappa shape index (κ3) is 3.96. The Morgan fingerprint density at radius 2 is 1.92 bits per heavy atom. The first-order chi connectivity index (χ1) is 12.3. The molecule has 0 radical (unpaired) electrons. The molecule has 1 saturated heterocycles. The van der Waals surface area contributed by atoms with Crippen LogP contribution in [0, 0.1) is 5.92 Å². The molecule has 2 aromatic rings. The van der Waals surface area contributed by atoms with E-state index in [4.69, 9.17) is 9.47 Å². The molecule has 1 unspecified atom stereocenters. The van der Waals surface area contributed by atoms with E-state index >= 15 is 0 Å². The highest BCUT2D eigenvalue weighted by Gasteiger charge is 2.27. The van der Waals surface area contributed by atoms with Gasteiger partial charge in [-0.2, -0.15) is 0 Å². The molecule has 132 valence electrons. The van der Waals surface area contributed by atoms with Crippen LogP contribution >= 0.6 is 0 Å². The summed E-state index contributed by atoms with van der Waals surface area (Å²) in [6, 6.07) is 12.2. The van der Waals surface area contributed by atoms with Crippen molar-refractivity contribution >= 4 is 0 Å². The molecule has 1 fully saturated rings. The zero-order valence-corrected chi connectivity index (χ0v) is 14.9. The fourth-order valence-electron chi connectivity index (χ4n) is 4.07. The second-order valence-corrected chi connectivity index (χ2v) is 7.18. The minimum absolute atomic E-state index is 0.311. The van der Waals surface area contributed by atoms with Crippen LogP contribution in [0.3, 0.4) is 0 Å². The lowest BCUT2D eigenvalue weighted by atomic mass is 10.0. The fraction of sp³-hybridized carbons (Fsp3) is 0.476. The van der Waals surface area contributed by atoms with E-state index in [0.717, 1.165) is 49.8 Å². The Balaban J connectivity index is 1.25. The third-order valence-electron chi connectivity index (χ3n) is 5.37. The number of aromatic nitrogens is 1. The lowest BCUT2D eigenvalue weighted by Crippen LogP contribution is -2.40. The Kier molecular flexibility index (Phi) is 4.88. The van der Waals surface area contributed by atoms with Crippen LogP contribution in [0.5, 0.6) is 11.5 Å². The summed E-state index contributed by atoms with van der Waals surface area (Å²) >= 11 is 0. The zero-order valence-electron chi connectivity index (χ0n) is 14.9. The first-order valence-corrected chi connectivity index (χ1v) is 9.26. The van der Waals surface area contributed by atoms with E-state index in [1.165, 1.54) is 24.2 Å². The Morgan fingerprint density at radius 1 is 1.08 bits per heavy atom. The lowest BCUT2D eigenvalue weighted by molar-refractivity contribution is 0.0917. The van der Waals surface area contributed by atoms with Gasteiger partial charge >= 0.3 is 0 Å². The van der Waals surface area contributed by atoms with Crippen molar-refractivity contribution in [3.8, 4) is 11.5 Å². The maximum atomic E-state index is 6.15. The van der Waals surface area contributed by atoms with Gasteiger partial charge in [-0.1, -0.05) is 12.1 Å². The number of methoxy groups -OCH3 is 1. The highest BCUT2D eigenvalue weighted by atomic mass is 16.5. The average Bonchev–Trinajstić information content (AvgIpc) is 3.06. The number of benzene rings is 1. The minimum Gasteiger partial charge on any atom is -0.497 e. The van der Waals surface area contributed by atoms with Crippen LogP contribution in [0.25, 0.3) is 0 Å². The van der Waals surface area contributed by atoms with Crippen molar-refractivity contribution in [2.24, 2.45) is 5.92 Å². The maximum Gasteiger partial charge on any atom is 0.123 e. The Labute approximate surface area is 149 Å². The number of ether oxygens (including phenoxy) is 2.